The van der Waals surface area contributed by atoms with Gasteiger partial charge in [0.05, 0.1) is 17.0 Å². The summed E-state index contributed by atoms with van der Waals surface area (Å²) in [5.41, 5.74) is 1.24. The Balaban J connectivity index is 1.79. The molecule has 1 aliphatic heterocycles. The first kappa shape index (κ1) is 14.0. The van der Waals surface area contributed by atoms with Gasteiger partial charge in [0.2, 0.25) is 0 Å². The molecule has 2 aromatic rings. The molecule has 5 nitrogen and oxygen atoms in total. The van der Waals surface area contributed by atoms with E-state index in [9.17, 15) is 14.4 Å². The predicted molar refractivity (Wildman–Crippen MR) is 77.9 cm³/mol. The fourth-order valence-corrected chi connectivity index (χ4v) is 2.30. The van der Waals surface area contributed by atoms with E-state index in [1.165, 1.54) is 12.1 Å². The highest BCUT2D eigenvalue weighted by atomic mass is 16.7. The molecule has 1 aliphatic rings. The van der Waals surface area contributed by atoms with Gasteiger partial charge in [0, 0.05) is 0 Å². The third kappa shape index (κ3) is 2.26. The summed E-state index contributed by atoms with van der Waals surface area (Å²) in [6.07, 6.45) is 0. The number of nitrogens with zero attached hydrogens (tertiary/aromatic N) is 1. The van der Waals surface area contributed by atoms with Crippen LogP contribution in [0.5, 0.6) is 0 Å². The Morgan fingerprint density at radius 2 is 1.41 bits per heavy atom. The highest BCUT2D eigenvalue weighted by molar-refractivity contribution is 6.20. The van der Waals surface area contributed by atoms with Crippen LogP contribution in [0.2, 0.25) is 0 Å². The Bertz CT molecular complexity index is 719. The zero-order chi connectivity index (χ0) is 15.7. The quantitative estimate of drug-likeness (QED) is 0.816. The van der Waals surface area contributed by atoms with Crippen LogP contribution in [0.1, 0.15) is 39.1 Å². The lowest BCUT2D eigenvalue weighted by atomic mass is 10.0. The number of hydrogen-bond donors (Lipinski definition) is 0. The zero-order valence-electron chi connectivity index (χ0n) is 11.9. The molecule has 1 heterocycles. The highest BCUT2D eigenvalue weighted by Gasteiger charge is 2.39. The van der Waals surface area contributed by atoms with Gasteiger partial charge in [-0.3, -0.25) is 9.59 Å². The average molecular weight is 295 g/mol. The van der Waals surface area contributed by atoms with Gasteiger partial charge in [-0.15, -0.1) is 0 Å². The lowest BCUT2D eigenvalue weighted by Crippen LogP contribution is -2.34. The van der Waals surface area contributed by atoms with Crippen molar-refractivity contribution >= 4 is 17.8 Å². The smallest absolute Gasteiger partial charge is 0.329 e. The van der Waals surface area contributed by atoms with E-state index >= 15 is 0 Å². The van der Waals surface area contributed by atoms with Gasteiger partial charge in [0.1, 0.15) is 0 Å². The summed E-state index contributed by atoms with van der Waals surface area (Å²) in [5, 5.41) is 0.534. The summed E-state index contributed by atoms with van der Waals surface area (Å²) in [7, 11) is 0. The molecule has 0 bridgehead atoms. The minimum absolute atomic E-state index is 0.243. The van der Waals surface area contributed by atoms with Crippen LogP contribution >= 0.6 is 0 Å². The van der Waals surface area contributed by atoms with E-state index in [1.54, 1.807) is 43.3 Å². The molecule has 0 N–H and O–H groups in total. The maximum atomic E-state index is 12.2. The summed E-state index contributed by atoms with van der Waals surface area (Å²) in [6.45, 7) is 1.66. The minimum atomic E-state index is -0.652. The number of carbonyl (C=O) groups excluding carboxylic acids is 3. The first-order valence-corrected chi connectivity index (χ1v) is 6.84. The van der Waals surface area contributed by atoms with Gasteiger partial charge in [0.15, 0.2) is 0 Å². The monoisotopic (exact) mass is 295 g/mol. The van der Waals surface area contributed by atoms with Gasteiger partial charge in [-0.25, -0.2) is 4.79 Å². The normalized spacial score (nSPS) is 14.7. The summed E-state index contributed by atoms with van der Waals surface area (Å²) in [4.78, 5) is 41.5. The number of hydrogen-bond acceptors (Lipinski definition) is 4. The molecular formula is C17H13NO4. The molecule has 0 aliphatic carbocycles. The van der Waals surface area contributed by atoms with Gasteiger partial charge in [-0.1, -0.05) is 47.5 Å². The van der Waals surface area contributed by atoms with Crippen molar-refractivity contribution in [1.82, 2.24) is 5.06 Å². The lowest BCUT2D eigenvalue weighted by Gasteiger charge is -2.16. The van der Waals surface area contributed by atoms with Crippen LogP contribution in [0.3, 0.4) is 0 Å². The SMILES string of the molecule is C[C@@H](C(=O)ON1C(=O)c2ccccc2C1=O)c1ccccc1. The first-order chi connectivity index (χ1) is 10.6. The van der Waals surface area contributed by atoms with Crippen LogP contribution in [0.25, 0.3) is 0 Å². The second kappa shape index (κ2) is 5.44. The highest BCUT2D eigenvalue weighted by Crippen LogP contribution is 2.24. The molecule has 5 heteroatoms. The van der Waals surface area contributed by atoms with Gasteiger partial charge >= 0.3 is 5.97 Å². The van der Waals surface area contributed by atoms with Crippen molar-refractivity contribution in [2.24, 2.45) is 0 Å². The molecule has 0 saturated carbocycles. The second-order valence-corrected chi connectivity index (χ2v) is 4.99. The van der Waals surface area contributed by atoms with Crippen molar-refractivity contribution < 1.29 is 19.2 Å². The fraction of sp³-hybridized carbons (Fsp3) is 0.118. The van der Waals surface area contributed by atoms with Gasteiger partial charge in [-0.2, -0.15) is 0 Å². The van der Waals surface area contributed by atoms with Crippen LogP contribution in [-0.2, 0) is 9.63 Å². The van der Waals surface area contributed by atoms with Gasteiger partial charge < -0.3 is 4.84 Å². The summed E-state index contributed by atoms with van der Waals surface area (Å²) in [5.74, 6) is -2.46. The van der Waals surface area contributed by atoms with Crippen LogP contribution in [0, 0.1) is 0 Å². The van der Waals surface area contributed by atoms with Gasteiger partial charge in [0.25, 0.3) is 11.8 Å². The average Bonchev–Trinajstić information content (AvgIpc) is 2.80. The maximum absolute atomic E-state index is 12.2. The van der Waals surface area contributed by atoms with Crippen molar-refractivity contribution in [2.45, 2.75) is 12.8 Å². The Hall–Kier alpha value is -2.95. The number of hydroxylamine groups is 2. The zero-order valence-corrected chi connectivity index (χ0v) is 11.9. The molecule has 22 heavy (non-hydrogen) atoms. The Morgan fingerprint density at radius 3 is 1.95 bits per heavy atom. The largest absolute Gasteiger partial charge is 0.340 e. The molecule has 0 spiro atoms. The van der Waals surface area contributed by atoms with Crippen molar-refractivity contribution in [1.29, 1.82) is 0 Å². The summed E-state index contributed by atoms with van der Waals surface area (Å²) >= 11 is 0. The van der Waals surface area contributed by atoms with E-state index in [0.717, 1.165) is 5.56 Å². The van der Waals surface area contributed by atoms with Crippen LogP contribution in [0.15, 0.2) is 54.6 Å². The number of rotatable bonds is 3. The molecule has 0 fully saturated rings. The summed E-state index contributed by atoms with van der Waals surface area (Å²) < 4.78 is 0. The number of fused-ring (bicyclic) bond motifs is 1. The van der Waals surface area contributed by atoms with Gasteiger partial charge in [-0.05, 0) is 24.6 Å². The van der Waals surface area contributed by atoms with E-state index in [2.05, 4.69) is 0 Å². The fourth-order valence-electron chi connectivity index (χ4n) is 2.30. The molecule has 3 rings (SSSR count). The molecule has 0 radical (unpaired) electrons. The molecular weight excluding hydrogens is 282 g/mol. The molecule has 0 unspecified atom stereocenters. The van der Waals surface area contributed by atoms with Crippen molar-refractivity contribution in [2.75, 3.05) is 0 Å². The number of carbonyl (C=O) groups is 3. The van der Waals surface area contributed by atoms with Crippen molar-refractivity contribution in [3.8, 4) is 0 Å². The lowest BCUT2D eigenvalue weighted by molar-refractivity contribution is -0.170. The van der Waals surface area contributed by atoms with E-state index in [1.807, 2.05) is 6.07 Å². The topological polar surface area (TPSA) is 63.7 Å². The molecule has 2 amide bonds. The second-order valence-electron chi connectivity index (χ2n) is 4.99. The standard InChI is InChI=1S/C17H13NO4/c1-11(12-7-3-2-4-8-12)17(21)22-18-15(19)13-9-5-6-10-14(13)16(18)20/h2-11H,1H3/t11-/m1/s1. The summed E-state index contributed by atoms with van der Waals surface area (Å²) in [6, 6.07) is 15.4. The molecule has 2 aromatic carbocycles. The van der Waals surface area contributed by atoms with Crippen LogP contribution in [0.4, 0.5) is 0 Å². The predicted octanol–water partition coefficient (Wildman–Crippen LogP) is 2.54. The van der Waals surface area contributed by atoms with E-state index in [4.69, 9.17) is 4.84 Å². The maximum Gasteiger partial charge on any atom is 0.340 e. The molecule has 110 valence electrons. The molecule has 0 saturated heterocycles. The van der Waals surface area contributed by atoms with E-state index < -0.39 is 23.7 Å². The third-order valence-corrected chi connectivity index (χ3v) is 3.59. The third-order valence-electron chi connectivity index (χ3n) is 3.59. The Labute approximate surface area is 127 Å². The molecule has 0 aromatic heterocycles. The Morgan fingerprint density at radius 1 is 0.909 bits per heavy atom. The minimum Gasteiger partial charge on any atom is -0.329 e. The number of amides is 2. The van der Waals surface area contributed by atoms with E-state index in [-0.39, 0.29) is 11.1 Å². The van der Waals surface area contributed by atoms with Crippen molar-refractivity contribution in [3.05, 3.63) is 71.3 Å². The Kier molecular flexibility index (Phi) is 3.47. The number of benzene rings is 2. The van der Waals surface area contributed by atoms with E-state index in [0.29, 0.717) is 5.06 Å². The van der Waals surface area contributed by atoms with Crippen LogP contribution < -0.4 is 0 Å². The molecule has 1 atom stereocenters. The first-order valence-electron chi connectivity index (χ1n) is 6.84. The van der Waals surface area contributed by atoms with Crippen molar-refractivity contribution in [3.63, 3.8) is 0 Å². The number of imide groups is 1. The van der Waals surface area contributed by atoms with Crippen LogP contribution in [-0.4, -0.2) is 22.8 Å².